The zero-order valence-electron chi connectivity index (χ0n) is 15.7. The first-order chi connectivity index (χ1) is 11.7. The van der Waals surface area contributed by atoms with Crippen LogP contribution >= 0.6 is 7.82 Å². The molecule has 0 amide bonds. The van der Waals surface area contributed by atoms with Crippen molar-refractivity contribution < 1.29 is 56.4 Å². The number of carbonyl (C=O) groups is 2. The van der Waals surface area contributed by atoms with Gasteiger partial charge in [0.15, 0.2) is 0 Å². The summed E-state index contributed by atoms with van der Waals surface area (Å²) in [6, 6.07) is 0. The van der Waals surface area contributed by atoms with E-state index in [9.17, 15) is 19.0 Å². The largest absolute Gasteiger partial charge is 1.00 e. The van der Waals surface area contributed by atoms with Gasteiger partial charge in [-0.1, -0.05) is 13.2 Å². The Morgan fingerprint density at radius 2 is 1.31 bits per heavy atom. The minimum Gasteiger partial charge on any atom is -0.756 e. The van der Waals surface area contributed by atoms with Crippen LogP contribution in [0.3, 0.4) is 0 Å². The summed E-state index contributed by atoms with van der Waals surface area (Å²) in [6.45, 7) is 9.82. The summed E-state index contributed by atoms with van der Waals surface area (Å²) in [4.78, 5) is 33.5. The first-order valence-electron chi connectivity index (χ1n) is 7.96. The van der Waals surface area contributed by atoms with E-state index < -0.39 is 19.8 Å². The van der Waals surface area contributed by atoms with Crippen LogP contribution in [0, 0.1) is 0 Å². The van der Waals surface area contributed by atoms with E-state index in [2.05, 4.69) is 13.2 Å². The van der Waals surface area contributed by atoms with Crippen molar-refractivity contribution in [2.75, 3.05) is 13.2 Å². The summed E-state index contributed by atoms with van der Waals surface area (Å²) in [5.41, 5.74) is 0. The number of phosphoric ester groups is 1. The minimum absolute atomic E-state index is 0. The summed E-state index contributed by atoms with van der Waals surface area (Å²) >= 11 is 0. The van der Waals surface area contributed by atoms with Gasteiger partial charge in [-0.15, -0.1) is 0 Å². The fourth-order valence-electron chi connectivity index (χ4n) is 1.74. The summed E-state index contributed by atoms with van der Waals surface area (Å²) < 4.78 is 30.9. The normalized spacial score (nSPS) is 14.9. The fraction of sp³-hybridized carbons (Fsp3) is 0.625. The Kier molecular flexibility index (Phi) is 16.0. The van der Waals surface area contributed by atoms with Crippen LogP contribution in [-0.4, -0.2) is 37.4 Å². The summed E-state index contributed by atoms with van der Waals surface area (Å²) in [6.07, 6.45) is 3.07. The third-order valence-electron chi connectivity index (χ3n) is 2.98. The van der Waals surface area contributed by atoms with Crippen LogP contribution in [-0.2, 0) is 32.7 Å². The van der Waals surface area contributed by atoms with Crippen LogP contribution in [0.4, 0.5) is 0 Å². The van der Waals surface area contributed by atoms with Crippen LogP contribution in [0.2, 0.25) is 0 Å². The van der Waals surface area contributed by atoms with Gasteiger partial charge in [-0.25, -0.2) is 9.59 Å². The molecule has 0 heterocycles. The molecule has 0 saturated carbocycles. The molecule has 0 spiro atoms. The average Bonchev–Trinajstić information content (AvgIpc) is 2.55. The van der Waals surface area contributed by atoms with E-state index >= 15 is 0 Å². The monoisotopic (exact) mass is 384 g/mol. The third-order valence-corrected chi connectivity index (χ3v) is 3.97. The number of carbonyl (C=O) groups excluding carboxylic acids is 2. The Labute approximate surface area is 166 Å². The van der Waals surface area contributed by atoms with Gasteiger partial charge in [-0.2, -0.15) is 0 Å². The molecule has 2 unspecified atom stereocenters. The van der Waals surface area contributed by atoms with Crippen molar-refractivity contribution in [2.24, 2.45) is 0 Å². The van der Waals surface area contributed by atoms with Gasteiger partial charge >= 0.3 is 30.8 Å². The van der Waals surface area contributed by atoms with Gasteiger partial charge in [0.05, 0.1) is 25.4 Å². The van der Waals surface area contributed by atoms with Crippen molar-refractivity contribution in [3.63, 3.8) is 0 Å². The zero-order chi connectivity index (χ0) is 19.3. The first-order valence-corrected chi connectivity index (χ1v) is 9.42. The van der Waals surface area contributed by atoms with Crippen molar-refractivity contribution in [1.82, 2.24) is 0 Å². The molecule has 0 saturated heterocycles. The quantitative estimate of drug-likeness (QED) is 0.127. The molecular weight excluding hydrogens is 358 g/mol. The van der Waals surface area contributed by atoms with Gasteiger partial charge < -0.3 is 23.4 Å². The maximum Gasteiger partial charge on any atom is 1.00 e. The number of hydrogen-bond acceptors (Lipinski definition) is 8. The maximum absolute atomic E-state index is 11.6. The molecule has 0 N–H and O–H groups in total. The van der Waals surface area contributed by atoms with Crippen LogP contribution < -0.4 is 23.8 Å². The van der Waals surface area contributed by atoms with Crippen LogP contribution in [0.15, 0.2) is 25.3 Å². The molecule has 8 nitrogen and oxygen atoms in total. The van der Waals surface area contributed by atoms with E-state index in [1.54, 1.807) is 13.8 Å². The van der Waals surface area contributed by atoms with Crippen molar-refractivity contribution in [1.29, 1.82) is 0 Å². The molecule has 0 bridgehead atoms. The van der Waals surface area contributed by atoms with Crippen molar-refractivity contribution in [2.45, 2.75) is 51.7 Å². The second-order valence-corrected chi connectivity index (χ2v) is 6.71. The molecule has 0 aromatic heterocycles. The molecule has 0 aliphatic heterocycles. The fourth-order valence-corrected chi connectivity index (χ4v) is 2.52. The molecule has 2 atom stereocenters. The molecule has 0 aliphatic rings. The van der Waals surface area contributed by atoms with Crippen LogP contribution in [0.1, 0.15) is 39.5 Å². The molecule has 0 fully saturated rings. The maximum atomic E-state index is 11.6. The predicted molar refractivity (Wildman–Crippen MR) is 89.5 cm³/mol. The Morgan fingerprint density at radius 1 is 0.962 bits per heavy atom. The molecule has 0 rings (SSSR count). The Balaban J connectivity index is 0. The van der Waals surface area contributed by atoms with Gasteiger partial charge in [0.2, 0.25) is 0 Å². The second kappa shape index (κ2) is 15.2. The van der Waals surface area contributed by atoms with Crippen molar-refractivity contribution >= 4 is 19.8 Å². The van der Waals surface area contributed by atoms with Crippen LogP contribution in [0.5, 0.6) is 0 Å². The first kappa shape index (κ1) is 27.3. The summed E-state index contributed by atoms with van der Waals surface area (Å²) in [5, 5.41) is 0. The second-order valence-electron chi connectivity index (χ2n) is 5.30. The Hall–Kier alpha value is -0.873. The van der Waals surface area contributed by atoms with E-state index in [0.717, 1.165) is 12.2 Å². The number of hydrogen-bond donors (Lipinski definition) is 0. The molecule has 10 heteroatoms. The van der Waals surface area contributed by atoms with E-state index in [1.807, 2.05) is 0 Å². The van der Waals surface area contributed by atoms with E-state index in [0.29, 0.717) is 25.7 Å². The Bertz CT molecular complexity index is 457. The predicted octanol–water partition coefficient (Wildman–Crippen LogP) is -0.712. The number of ether oxygens (including phenoxy) is 2. The average molecular weight is 384 g/mol. The number of phosphoric acid groups is 1. The van der Waals surface area contributed by atoms with E-state index in [-0.39, 0.29) is 44.3 Å². The van der Waals surface area contributed by atoms with Gasteiger partial charge in [0.1, 0.15) is 0 Å². The van der Waals surface area contributed by atoms with Gasteiger partial charge in [-0.3, -0.25) is 4.57 Å². The zero-order valence-corrected chi connectivity index (χ0v) is 16.6. The van der Waals surface area contributed by atoms with Crippen molar-refractivity contribution in [3.05, 3.63) is 25.3 Å². The van der Waals surface area contributed by atoms with Crippen molar-refractivity contribution in [3.8, 4) is 0 Å². The topological polar surface area (TPSA) is 111 Å². The van der Waals surface area contributed by atoms with Gasteiger partial charge in [-0.05, 0) is 39.5 Å². The molecule has 0 aromatic carbocycles. The molecular formula is C16H26LiO8P. The van der Waals surface area contributed by atoms with Gasteiger partial charge in [0, 0.05) is 12.2 Å². The summed E-state index contributed by atoms with van der Waals surface area (Å²) in [7, 11) is -4.38. The minimum atomic E-state index is -4.38. The smallest absolute Gasteiger partial charge is 0.756 e. The van der Waals surface area contributed by atoms with Gasteiger partial charge in [0.25, 0.3) is 7.82 Å². The summed E-state index contributed by atoms with van der Waals surface area (Å²) in [5.74, 6) is -1.06. The van der Waals surface area contributed by atoms with E-state index in [4.69, 9.17) is 18.5 Å². The Morgan fingerprint density at radius 3 is 1.62 bits per heavy atom. The standard InChI is InChI=1S/C16H27O8P.Li/c1-5-15(17)23-13(3)9-7-11-21-25(19,20)22-12-8-10-14(4)24-16(18)6-2;/h5-6,13-14H,1-2,7-12H2,3-4H3,(H,19,20);/q;+1/p-1. The SMILES string of the molecule is C=CC(=O)OC(C)CCCOP(=O)([O-])OCCCC(C)OC(=O)C=C.[Li+]. The number of esters is 2. The van der Waals surface area contributed by atoms with Crippen LogP contribution in [0.25, 0.3) is 0 Å². The molecule has 0 aliphatic carbocycles. The third kappa shape index (κ3) is 15.4. The number of rotatable bonds is 14. The molecule has 0 radical (unpaired) electrons. The molecule has 0 aromatic rings. The van der Waals surface area contributed by atoms with E-state index in [1.165, 1.54) is 0 Å². The molecule has 26 heavy (non-hydrogen) atoms. The molecule has 144 valence electrons.